The Morgan fingerprint density at radius 1 is 0.778 bits per heavy atom. The second kappa shape index (κ2) is 12.7. The van der Waals surface area contributed by atoms with Crippen LogP contribution < -0.4 is 10.6 Å². The van der Waals surface area contributed by atoms with Gasteiger partial charge in [0.05, 0.1) is 4.92 Å². The van der Waals surface area contributed by atoms with E-state index < -0.39 is 35.0 Å². The van der Waals surface area contributed by atoms with Crippen molar-refractivity contribution < 1.29 is 29.2 Å². The van der Waals surface area contributed by atoms with Crippen molar-refractivity contribution in [2.24, 2.45) is 0 Å². The molecule has 10 nitrogen and oxygen atoms in total. The van der Waals surface area contributed by atoms with Crippen molar-refractivity contribution in [3.8, 4) is 0 Å². The van der Waals surface area contributed by atoms with E-state index in [1.54, 1.807) is 48.5 Å². The van der Waals surface area contributed by atoms with Crippen LogP contribution in [0.3, 0.4) is 0 Å². The second-order valence-electron chi connectivity index (χ2n) is 7.98. The highest BCUT2D eigenvalue weighted by Crippen LogP contribution is 2.14. The van der Waals surface area contributed by atoms with Gasteiger partial charge in [0.2, 0.25) is 5.91 Å². The molecule has 0 fully saturated rings. The molecule has 0 aliphatic heterocycles. The number of nitrogens with zero attached hydrogens (tertiary/aromatic N) is 1. The Morgan fingerprint density at radius 2 is 1.31 bits per heavy atom. The van der Waals surface area contributed by atoms with Gasteiger partial charge in [0.15, 0.2) is 0 Å². The van der Waals surface area contributed by atoms with Crippen molar-refractivity contribution in [1.29, 1.82) is 0 Å². The number of non-ortho nitro benzene ring substituents is 1. The number of hydrogen-bond acceptors (Lipinski definition) is 6. The summed E-state index contributed by atoms with van der Waals surface area (Å²) in [7, 11) is 0. The number of nitro groups is 1. The highest BCUT2D eigenvalue weighted by Gasteiger charge is 2.27. The number of nitrogens with one attached hydrogen (secondary N) is 2. The smallest absolute Gasteiger partial charge is 0.408 e. The first-order valence-corrected chi connectivity index (χ1v) is 11.1. The molecule has 2 atom stereocenters. The van der Waals surface area contributed by atoms with Gasteiger partial charge >= 0.3 is 12.1 Å². The monoisotopic (exact) mass is 491 g/mol. The molecule has 0 aromatic heterocycles. The fraction of sp³-hybridized carbons (Fsp3) is 0.192. The lowest BCUT2D eigenvalue weighted by atomic mass is 10.0. The van der Waals surface area contributed by atoms with Gasteiger partial charge in [-0.15, -0.1) is 0 Å². The van der Waals surface area contributed by atoms with E-state index in [2.05, 4.69) is 10.6 Å². The molecule has 0 aliphatic rings. The maximum atomic E-state index is 13.1. The molecular formula is C26H25N3O7. The molecule has 0 unspecified atom stereocenters. The van der Waals surface area contributed by atoms with E-state index in [0.29, 0.717) is 5.56 Å². The van der Waals surface area contributed by atoms with Crippen molar-refractivity contribution in [2.75, 3.05) is 0 Å². The Morgan fingerprint density at radius 3 is 1.86 bits per heavy atom. The van der Waals surface area contributed by atoms with Crippen LogP contribution in [-0.4, -0.2) is 40.1 Å². The van der Waals surface area contributed by atoms with Crippen LogP contribution in [0, 0.1) is 10.1 Å². The van der Waals surface area contributed by atoms with Gasteiger partial charge in [-0.2, -0.15) is 0 Å². The van der Waals surface area contributed by atoms with Crippen LogP contribution in [0.5, 0.6) is 0 Å². The maximum absolute atomic E-state index is 13.1. The molecule has 0 radical (unpaired) electrons. The van der Waals surface area contributed by atoms with E-state index in [0.717, 1.165) is 11.1 Å². The van der Waals surface area contributed by atoms with Gasteiger partial charge in [-0.3, -0.25) is 14.9 Å². The Balaban J connectivity index is 1.69. The summed E-state index contributed by atoms with van der Waals surface area (Å²) in [5, 5.41) is 25.5. The normalized spacial score (nSPS) is 12.1. The minimum absolute atomic E-state index is 0.00421. The molecule has 0 aliphatic carbocycles. The van der Waals surface area contributed by atoms with Crippen molar-refractivity contribution in [3.05, 3.63) is 112 Å². The van der Waals surface area contributed by atoms with Crippen LogP contribution in [-0.2, 0) is 33.8 Å². The number of nitro benzene ring substituents is 1. The van der Waals surface area contributed by atoms with Gasteiger partial charge in [0.25, 0.3) is 5.69 Å². The SMILES string of the molecule is O=C(N[C@H](Cc1ccccc1)C(=O)N[C@@H](Cc1ccc([N+](=O)[O-])cc1)C(=O)O)OCc1ccccc1. The van der Waals surface area contributed by atoms with Crippen molar-refractivity contribution >= 4 is 23.7 Å². The summed E-state index contributed by atoms with van der Waals surface area (Å²) < 4.78 is 5.22. The van der Waals surface area contributed by atoms with Crippen LogP contribution in [0.25, 0.3) is 0 Å². The predicted octanol–water partition coefficient (Wildman–Crippen LogP) is 3.24. The summed E-state index contributed by atoms with van der Waals surface area (Å²) in [6.45, 7) is 0.00421. The number of carboxylic acid groups (broad SMARTS) is 1. The van der Waals surface area contributed by atoms with Gasteiger partial charge in [-0.25, -0.2) is 9.59 Å². The second-order valence-corrected chi connectivity index (χ2v) is 7.98. The number of amides is 2. The lowest BCUT2D eigenvalue weighted by Crippen LogP contribution is -2.53. The van der Waals surface area contributed by atoms with E-state index in [1.807, 2.05) is 12.1 Å². The number of hydrogen-bond donors (Lipinski definition) is 3. The van der Waals surface area contributed by atoms with Crippen LogP contribution >= 0.6 is 0 Å². The molecule has 186 valence electrons. The molecule has 0 saturated heterocycles. The molecule has 3 aromatic carbocycles. The molecule has 3 N–H and O–H groups in total. The van der Waals surface area contributed by atoms with Crippen molar-refractivity contribution in [3.63, 3.8) is 0 Å². The quantitative estimate of drug-likeness (QED) is 0.275. The number of rotatable bonds is 11. The fourth-order valence-electron chi connectivity index (χ4n) is 3.43. The van der Waals surface area contributed by atoms with Crippen LogP contribution in [0.1, 0.15) is 16.7 Å². The topological polar surface area (TPSA) is 148 Å². The average Bonchev–Trinajstić information content (AvgIpc) is 2.88. The molecule has 0 spiro atoms. The Kier molecular flexibility index (Phi) is 9.10. The minimum atomic E-state index is -1.32. The number of aliphatic carboxylic acids is 1. The first-order valence-electron chi connectivity index (χ1n) is 11.1. The van der Waals surface area contributed by atoms with Crippen LogP contribution in [0.4, 0.5) is 10.5 Å². The summed E-state index contributed by atoms with van der Waals surface area (Å²) >= 11 is 0. The van der Waals surface area contributed by atoms with Gasteiger partial charge in [-0.05, 0) is 16.7 Å². The zero-order chi connectivity index (χ0) is 25.9. The van der Waals surface area contributed by atoms with Crippen molar-refractivity contribution in [1.82, 2.24) is 10.6 Å². The Hall–Kier alpha value is -4.73. The van der Waals surface area contributed by atoms with Crippen LogP contribution in [0.2, 0.25) is 0 Å². The minimum Gasteiger partial charge on any atom is -0.480 e. The largest absolute Gasteiger partial charge is 0.480 e. The number of ether oxygens (including phenoxy) is 1. The van der Waals surface area contributed by atoms with E-state index in [9.17, 15) is 29.6 Å². The van der Waals surface area contributed by atoms with E-state index in [4.69, 9.17) is 4.74 Å². The summed E-state index contributed by atoms with van der Waals surface area (Å²) in [5.74, 6) is -1.99. The zero-order valence-corrected chi connectivity index (χ0v) is 19.2. The molecule has 0 heterocycles. The third-order valence-corrected chi connectivity index (χ3v) is 5.31. The third-order valence-electron chi connectivity index (χ3n) is 5.31. The lowest BCUT2D eigenvalue weighted by molar-refractivity contribution is -0.384. The summed E-state index contributed by atoms with van der Waals surface area (Å²) in [4.78, 5) is 47.6. The van der Waals surface area contributed by atoms with E-state index in [-0.39, 0.29) is 25.1 Å². The number of benzene rings is 3. The Labute approximate surface area is 207 Å². The first kappa shape index (κ1) is 25.9. The molecule has 10 heteroatoms. The van der Waals surface area contributed by atoms with Gasteiger partial charge in [0, 0.05) is 25.0 Å². The van der Waals surface area contributed by atoms with Gasteiger partial charge in [-0.1, -0.05) is 72.8 Å². The molecular weight excluding hydrogens is 466 g/mol. The number of alkyl carbamates (subject to hydrolysis) is 1. The van der Waals surface area contributed by atoms with E-state index in [1.165, 1.54) is 24.3 Å². The molecule has 0 bridgehead atoms. The lowest BCUT2D eigenvalue weighted by Gasteiger charge is -2.21. The highest BCUT2D eigenvalue weighted by atomic mass is 16.6. The number of carbonyl (C=O) groups is 3. The molecule has 3 rings (SSSR count). The first-order chi connectivity index (χ1) is 17.3. The predicted molar refractivity (Wildman–Crippen MR) is 130 cm³/mol. The summed E-state index contributed by atoms with van der Waals surface area (Å²) in [5.41, 5.74) is 1.88. The molecule has 36 heavy (non-hydrogen) atoms. The number of carbonyl (C=O) groups excluding carboxylic acids is 2. The Bertz CT molecular complexity index is 1190. The summed E-state index contributed by atoms with van der Waals surface area (Å²) in [6, 6.07) is 20.9. The average molecular weight is 492 g/mol. The molecule has 3 aromatic rings. The summed E-state index contributed by atoms with van der Waals surface area (Å²) in [6.07, 6.45) is -0.816. The maximum Gasteiger partial charge on any atom is 0.408 e. The fourth-order valence-corrected chi connectivity index (χ4v) is 3.43. The van der Waals surface area contributed by atoms with E-state index >= 15 is 0 Å². The standard InChI is InChI=1S/C26H25N3O7/c30-24(27-23(25(31)32)16-19-11-13-21(14-12-19)29(34)35)22(15-18-7-3-1-4-8-18)28-26(33)36-17-20-9-5-2-6-10-20/h1-14,22-23H,15-17H2,(H,27,30)(H,28,33)(H,31,32)/t22-,23+/m1/s1. The third kappa shape index (κ3) is 7.94. The van der Waals surface area contributed by atoms with Crippen LogP contribution in [0.15, 0.2) is 84.9 Å². The highest BCUT2D eigenvalue weighted by molar-refractivity contribution is 5.89. The van der Waals surface area contributed by atoms with Crippen molar-refractivity contribution in [2.45, 2.75) is 31.5 Å². The molecule has 2 amide bonds. The molecule has 0 saturated carbocycles. The van der Waals surface area contributed by atoms with Gasteiger partial charge < -0.3 is 20.5 Å². The van der Waals surface area contributed by atoms with Gasteiger partial charge in [0.1, 0.15) is 18.7 Å². The zero-order valence-electron chi connectivity index (χ0n) is 19.2. The number of carboxylic acids is 1.